The molecule has 2 atom stereocenters. The summed E-state index contributed by atoms with van der Waals surface area (Å²) >= 11 is 0. The molecular formula is C16H25NO2. The lowest BCUT2D eigenvalue weighted by Crippen LogP contribution is -2.34. The number of benzene rings is 1. The third-order valence-corrected chi connectivity index (χ3v) is 3.49. The van der Waals surface area contributed by atoms with Gasteiger partial charge in [0.25, 0.3) is 0 Å². The lowest BCUT2D eigenvalue weighted by Gasteiger charge is -2.32. The second-order valence-electron chi connectivity index (χ2n) is 5.51. The van der Waals surface area contributed by atoms with E-state index in [9.17, 15) is 0 Å². The second-order valence-corrected chi connectivity index (χ2v) is 5.51. The van der Waals surface area contributed by atoms with Crippen molar-refractivity contribution in [3.63, 3.8) is 0 Å². The average molecular weight is 263 g/mol. The molecule has 19 heavy (non-hydrogen) atoms. The van der Waals surface area contributed by atoms with Gasteiger partial charge in [0.05, 0.1) is 24.9 Å². The lowest BCUT2D eigenvalue weighted by molar-refractivity contribution is -0.0998. The Kier molecular flexibility index (Phi) is 5.23. The zero-order chi connectivity index (χ0) is 13.7. The van der Waals surface area contributed by atoms with E-state index in [1.807, 2.05) is 0 Å². The van der Waals surface area contributed by atoms with Crippen LogP contribution in [0.3, 0.4) is 0 Å². The first kappa shape index (κ1) is 14.4. The van der Waals surface area contributed by atoms with Crippen molar-refractivity contribution in [2.24, 2.45) is 0 Å². The van der Waals surface area contributed by atoms with Gasteiger partial charge in [-0.3, -0.25) is 0 Å². The smallest absolute Gasteiger partial charge is 0.0642 e. The Morgan fingerprint density at radius 1 is 1.16 bits per heavy atom. The fourth-order valence-electron chi connectivity index (χ4n) is 2.57. The summed E-state index contributed by atoms with van der Waals surface area (Å²) < 4.78 is 11.6. The van der Waals surface area contributed by atoms with Gasteiger partial charge in [0.2, 0.25) is 0 Å². The highest BCUT2D eigenvalue weighted by molar-refractivity contribution is 5.44. The molecule has 1 N–H and O–H groups in total. The maximum atomic E-state index is 5.93. The van der Waals surface area contributed by atoms with Gasteiger partial charge in [-0.05, 0) is 45.7 Å². The van der Waals surface area contributed by atoms with Crippen LogP contribution >= 0.6 is 0 Å². The molecule has 0 spiro atoms. The standard InChI is InChI=1S/C16H25NO2/c1-12-4-6-15(7-5-12)17-8-9-18-16-10-13(2)19-14(3)11-16/h4-7,13-14,16-17H,8-11H2,1-3H3. The topological polar surface area (TPSA) is 30.5 Å². The van der Waals surface area contributed by atoms with Crippen LogP contribution in [0.15, 0.2) is 24.3 Å². The van der Waals surface area contributed by atoms with Gasteiger partial charge in [0, 0.05) is 12.2 Å². The number of hydrogen-bond donors (Lipinski definition) is 1. The molecule has 1 aliphatic heterocycles. The van der Waals surface area contributed by atoms with Gasteiger partial charge in [0.1, 0.15) is 0 Å². The monoisotopic (exact) mass is 263 g/mol. The van der Waals surface area contributed by atoms with Crippen molar-refractivity contribution in [2.75, 3.05) is 18.5 Å². The van der Waals surface area contributed by atoms with Crippen LogP contribution in [0.5, 0.6) is 0 Å². The Morgan fingerprint density at radius 2 is 1.79 bits per heavy atom. The van der Waals surface area contributed by atoms with Crippen LogP contribution in [0.2, 0.25) is 0 Å². The maximum Gasteiger partial charge on any atom is 0.0642 e. The maximum absolute atomic E-state index is 5.93. The SMILES string of the molecule is Cc1ccc(NCCOC2CC(C)OC(C)C2)cc1. The fourth-order valence-corrected chi connectivity index (χ4v) is 2.57. The molecule has 1 aromatic rings. The molecule has 0 amide bonds. The number of nitrogens with one attached hydrogen (secondary N) is 1. The van der Waals surface area contributed by atoms with Gasteiger partial charge in [-0.1, -0.05) is 17.7 Å². The first-order chi connectivity index (χ1) is 9.13. The van der Waals surface area contributed by atoms with Crippen molar-refractivity contribution in [1.29, 1.82) is 0 Å². The van der Waals surface area contributed by atoms with Gasteiger partial charge in [-0.2, -0.15) is 0 Å². The molecule has 0 aliphatic carbocycles. The van der Waals surface area contributed by atoms with Crippen LogP contribution in [-0.2, 0) is 9.47 Å². The summed E-state index contributed by atoms with van der Waals surface area (Å²) in [5.74, 6) is 0. The van der Waals surface area contributed by atoms with Gasteiger partial charge >= 0.3 is 0 Å². The summed E-state index contributed by atoms with van der Waals surface area (Å²) in [5, 5.41) is 3.38. The van der Waals surface area contributed by atoms with Crippen LogP contribution in [0, 0.1) is 6.92 Å². The summed E-state index contributed by atoms with van der Waals surface area (Å²) in [6.45, 7) is 7.94. The Balaban J connectivity index is 1.65. The Morgan fingerprint density at radius 3 is 2.42 bits per heavy atom. The normalized spacial score (nSPS) is 27.2. The third kappa shape index (κ3) is 4.84. The largest absolute Gasteiger partial charge is 0.383 e. The molecule has 3 nitrogen and oxygen atoms in total. The van der Waals surface area contributed by atoms with Crippen LogP contribution in [0.25, 0.3) is 0 Å². The van der Waals surface area contributed by atoms with Crippen LogP contribution in [0.4, 0.5) is 5.69 Å². The molecule has 106 valence electrons. The molecule has 1 aromatic carbocycles. The van der Waals surface area contributed by atoms with E-state index < -0.39 is 0 Å². The third-order valence-electron chi connectivity index (χ3n) is 3.49. The van der Waals surface area contributed by atoms with Gasteiger partial charge in [-0.15, -0.1) is 0 Å². The Hall–Kier alpha value is -1.06. The van der Waals surface area contributed by atoms with Crippen molar-refractivity contribution in [1.82, 2.24) is 0 Å². The van der Waals surface area contributed by atoms with Crippen molar-refractivity contribution in [3.05, 3.63) is 29.8 Å². The number of anilines is 1. The Labute approximate surface area is 116 Å². The zero-order valence-corrected chi connectivity index (χ0v) is 12.2. The summed E-state index contributed by atoms with van der Waals surface area (Å²) in [6, 6.07) is 8.44. The first-order valence-electron chi connectivity index (χ1n) is 7.21. The summed E-state index contributed by atoms with van der Waals surface area (Å²) in [4.78, 5) is 0. The molecule has 2 unspecified atom stereocenters. The van der Waals surface area contributed by atoms with Crippen LogP contribution < -0.4 is 5.32 Å². The predicted octanol–water partition coefficient (Wildman–Crippen LogP) is 3.38. The van der Waals surface area contributed by atoms with E-state index in [1.165, 1.54) is 5.56 Å². The molecule has 1 saturated heterocycles. The number of aryl methyl sites for hydroxylation is 1. The molecule has 1 heterocycles. The van der Waals surface area contributed by atoms with Crippen molar-refractivity contribution in [3.8, 4) is 0 Å². The second kappa shape index (κ2) is 6.92. The van der Waals surface area contributed by atoms with E-state index in [-0.39, 0.29) is 0 Å². The van der Waals surface area contributed by atoms with Gasteiger partial charge in [-0.25, -0.2) is 0 Å². The molecule has 0 aromatic heterocycles. The van der Waals surface area contributed by atoms with Crippen molar-refractivity contribution >= 4 is 5.69 Å². The predicted molar refractivity (Wildman–Crippen MR) is 78.7 cm³/mol. The van der Waals surface area contributed by atoms with Gasteiger partial charge < -0.3 is 14.8 Å². The molecule has 1 fully saturated rings. The van der Waals surface area contributed by atoms with E-state index in [4.69, 9.17) is 9.47 Å². The van der Waals surface area contributed by atoms with Crippen LogP contribution in [-0.4, -0.2) is 31.5 Å². The molecule has 0 bridgehead atoms. The van der Waals surface area contributed by atoms with E-state index in [0.29, 0.717) is 18.3 Å². The Bertz CT molecular complexity index is 367. The highest BCUT2D eigenvalue weighted by Gasteiger charge is 2.24. The molecule has 1 aliphatic rings. The summed E-state index contributed by atoms with van der Waals surface area (Å²) in [5.41, 5.74) is 2.44. The molecule has 3 heteroatoms. The number of rotatable bonds is 5. The zero-order valence-electron chi connectivity index (χ0n) is 12.2. The van der Waals surface area contributed by atoms with Gasteiger partial charge in [0.15, 0.2) is 0 Å². The quantitative estimate of drug-likeness (QED) is 0.826. The van der Waals surface area contributed by atoms with Crippen LogP contribution in [0.1, 0.15) is 32.3 Å². The molecule has 0 saturated carbocycles. The van der Waals surface area contributed by atoms with Crippen molar-refractivity contribution < 1.29 is 9.47 Å². The molecule has 0 radical (unpaired) electrons. The number of ether oxygens (including phenoxy) is 2. The highest BCUT2D eigenvalue weighted by Crippen LogP contribution is 2.21. The molecular weight excluding hydrogens is 238 g/mol. The molecule has 2 rings (SSSR count). The number of hydrogen-bond acceptors (Lipinski definition) is 3. The minimum atomic E-state index is 0.318. The highest BCUT2D eigenvalue weighted by atomic mass is 16.5. The van der Waals surface area contributed by atoms with E-state index in [1.54, 1.807) is 0 Å². The first-order valence-corrected chi connectivity index (χ1v) is 7.21. The van der Waals surface area contributed by atoms with E-state index >= 15 is 0 Å². The van der Waals surface area contributed by atoms with E-state index in [2.05, 4.69) is 50.4 Å². The minimum absolute atomic E-state index is 0.318. The average Bonchev–Trinajstić information content (AvgIpc) is 2.36. The fraction of sp³-hybridized carbons (Fsp3) is 0.625. The summed E-state index contributed by atoms with van der Waals surface area (Å²) in [6.07, 6.45) is 3.00. The van der Waals surface area contributed by atoms with Crippen molar-refractivity contribution in [2.45, 2.75) is 51.9 Å². The summed E-state index contributed by atoms with van der Waals surface area (Å²) in [7, 11) is 0. The minimum Gasteiger partial charge on any atom is -0.383 e. The lowest BCUT2D eigenvalue weighted by atomic mass is 10.0. The van der Waals surface area contributed by atoms with E-state index in [0.717, 1.165) is 31.7 Å².